The fourth-order valence-electron chi connectivity index (χ4n) is 6.63. The molecule has 3 aliphatic carbocycles. The molecular formula is C28H32N2O6S. The molecule has 0 unspecified atom stereocenters. The van der Waals surface area contributed by atoms with E-state index in [1.165, 1.54) is 18.4 Å². The number of hydrogen-bond donors (Lipinski definition) is 3. The van der Waals surface area contributed by atoms with Crippen molar-refractivity contribution in [3.8, 4) is 11.5 Å². The molecule has 2 saturated carbocycles. The Labute approximate surface area is 220 Å². The van der Waals surface area contributed by atoms with Gasteiger partial charge >= 0.3 is 5.97 Å². The fourth-order valence-corrected chi connectivity index (χ4v) is 7.92. The molecule has 1 heterocycles. The average molecular weight is 525 g/mol. The highest BCUT2D eigenvalue weighted by molar-refractivity contribution is 7.17. The number of carbonyl (C=O) groups is 3. The standard InChI is InChI=1S/C28H32N2O6S/c1-13(2)21-16-9-10-17(21)23(28(33)34)22(16)25(31)30-27-24(15-6-5-7-20(15)37-27)26(32)29-18-12-14(35-3)8-11-19(18)36-4/h8,11-12,16-17,22-23H,5-7,9-10H2,1-4H3,(H,29,32)(H,30,31)(H,33,34)/t16-,17-,22-,23+/m1/s1. The van der Waals surface area contributed by atoms with E-state index in [-0.39, 0.29) is 23.7 Å². The minimum atomic E-state index is -0.928. The number of thiophene rings is 1. The minimum Gasteiger partial charge on any atom is -0.497 e. The molecule has 0 aliphatic heterocycles. The van der Waals surface area contributed by atoms with Crippen molar-refractivity contribution in [1.29, 1.82) is 0 Å². The first-order valence-corrected chi connectivity index (χ1v) is 13.5. The molecule has 2 aromatic rings. The van der Waals surface area contributed by atoms with Crippen LogP contribution in [-0.4, -0.2) is 37.1 Å². The molecule has 5 rings (SSSR count). The van der Waals surface area contributed by atoms with Gasteiger partial charge in [-0.25, -0.2) is 0 Å². The number of carboxylic acid groups (broad SMARTS) is 1. The second-order valence-corrected chi connectivity index (χ2v) is 11.3. The van der Waals surface area contributed by atoms with E-state index in [1.54, 1.807) is 25.3 Å². The molecule has 37 heavy (non-hydrogen) atoms. The third kappa shape index (κ3) is 4.29. The van der Waals surface area contributed by atoms with E-state index in [2.05, 4.69) is 10.6 Å². The second-order valence-electron chi connectivity index (χ2n) is 10.2. The Bertz CT molecular complexity index is 1310. The summed E-state index contributed by atoms with van der Waals surface area (Å²) in [7, 11) is 3.08. The van der Waals surface area contributed by atoms with Crippen molar-refractivity contribution >= 4 is 39.8 Å². The van der Waals surface area contributed by atoms with Crippen LogP contribution in [0.1, 0.15) is 53.9 Å². The molecule has 3 aliphatic rings. The Hall–Kier alpha value is -3.33. The van der Waals surface area contributed by atoms with Crippen LogP contribution in [0.25, 0.3) is 0 Å². The van der Waals surface area contributed by atoms with E-state index in [0.717, 1.165) is 53.7 Å². The molecular weight excluding hydrogens is 492 g/mol. The zero-order valence-electron chi connectivity index (χ0n) is 21.5. The van der Waals surface area contributed by atoms with Crippen LogP contribution < -0.4 is 20.1 Å². The molecule has 2 amide bonds. The van der Waals surface area contributed by atoms with Crippen LogP contribution >= 0.6 is 11.3 Å². The number of rotatable bonds is 7. The lowest BCUT2D eigenvalue weighted by Crippen LogP contribution is -2.38. The van der Waals surface area contributed by atoms with Gasteiger partial charge in [0, 0.05) is 10.9 Å². The van der Waals surface area contributed by atoms with E-state index in [4.69, 9.17) is 9.47 Å². The average Bonchev–Trinajstić information content (AvgIpc) is 3.62. The predicted molar refractivity (Wildman–Crippen MR) is 142 cm³/mol. The van der Waals surface area contributed by atoms with Crippen molar-refractivity contribution in [3.63, 3.8) is 0 Å². The third-order valence-electron chi connectivity index (χ3n) is 8.05. The summed E-state index contributed by atoms with van der Waals surface area (Å²) < 4.78 is 10.7. The van der Waals surface area contributed by atoms with Gasteiger partial charge in [0.25, 0.3) is 5.91 Å². The van der Waals surface area contributed by atoms with Crippen molar-refractivity contribution in [3.05, 3.63) is 45.3 Å². The summed E-state index contributed by atoms with van der Waals surface area (Å²) in [4.78, 5) is 40.6. The number of anilines is 2. The first-order valence-electron chi connectivity index (χ1n) is 12.6. The van der Waals surface area contributed by atoms with Crippen LogP contribution in [0.4, 0.5) is 10.7 Å². The van der Waals surface area contributed by atoms with Gasteiger partial charge in [-0.3, -0.25) is 14.4 Å². The van der Waals surface area contributed by atoms with Gasteiger partial charge in [-0.2, -0.15) is 0 Å². The van der Waals surface area contributed by atoms with Gasteiger partial charge < -0.3 is 25.2 Å². The highest BCUT2D eigenvalue weighted by Gasteiger charge is 2.57. The van der Waals surface area contributed by atoms with Crippen molar-refractivity contribution in [2.75, 3.05) is 24.9 Å². The predicted octanol–water partition coefficient (Wildman–Crippen LogP) is 5.14. The molecule has 4 atom stereocenters. The SMILES string of the molecule is COc1ccc(OC)c(NC(=O)c2c(NC(=O)[C@H]3[C@@H](C(=O)O)[C@@H]4CC[C@@H]3C4=C(C)C)sc3c2CCC3)c1. The molecule has 0 saturated heterocycles. The maximum absolute atomic E-state index is 13.7. The van der Waals surface area contributed by atoms with Gasteiger partial charge in [0.15, 0.2) is 0 Å². The number of allylic oxidation sites excluding steroid dienone is 2. The third-order valence-corrected chi connectivity index (χ3v) is 9.25. The van der Waals surface area contributed by atoms with Crippen LogP contribution in [-0.2, 0) is 22.4 Å². The summed E-state index contributed by atoms with van der Waals surface area (Å²) in [5.41, 5.74) is 4.11. The number of carboxylic acids is 1. The van der Waals surface area contributed by atoms with E-state index < -0.39 is 17.8 Å². The topological polar surface area (TPSA) is 114 Å². The number of benzene rings is 1. The number of hydrogen-bond acceptors (Lipinski definition) is 6. The fraction of sp³-hybridized carbons (Fsp3) is 0.464. The number of ether oxygens (including phenoxy) is 2. The monoisotopic (exact) mass is 524 g/mol. The molecule has 2 fully saturated rings. The Morgan fingerprint density at radius 3 is 2.38 bits per heavy atom. The summed E-state index contributed by atoms with van der Waals surface area (Å²) in [5.74, 6) is -2.07. The van der Waals surface area contributed by atoms with Gasteiger partial charge in [0.05, 0.1) is 37.3 Å². The first-order chi connectivity index (χ1) is 17.7. The highest BCUT2D eigenvalue weighted by atomic mass is 32.1. The molecule has 196 valence electrons. The van der Waals surface area contributed by atoms with Gasteiger partial charge in [0.1, 0.15) is 16.5 Å². The number of nitrogens with one attached hydrogen (secondary N) is 2. The van der Waals surface area contributed by atoms with Gasteiger partial charge in [0.2, 0.25) is 5.91 Å². The number of methoxy groups -OCH3 is 2. The number of amides is 2. The van der Waals surface area contributed by atoms with Crippen LogP contribution in [0.15, 0.2) is 29.3 Å². The van der Waals surface area contributed by atoms with Crippen LogP contribution in [0.5, 0.6) is 11.5 Å². The number of fused-ring (bicyclic) bond motifs is 3. The summed E-state index contributed by atoms with van der Waals surface area (Å²) in [6.45, 7) is 4.00. The summed E-state index contributed by atoms with van der Waals surface area (Å²) in [5, 5.41) is 16.5. The van der Waals surface area contributed by atoms with E-state index in [0.29, 0.717) is 27.8 Å². The van der Waals surface area contributed by atoms with E-state index >= 15 is 0 Å². The van der Waals surface area contributed by atoms with Gasteiger partial charge in [-0.15, -0.1) is 11.3 Å². The van der Waals surface area contributed by atoms with Crippen molar-refractivity contribution < 1.29 is 29.0 Å². The Balaban J connectivity index is 1.46. The lowest BCUT2D eigenvalue weighted by atomic mass is 9.79. The maximum Gasteiger partial charge on any atom is 0.307 e. The van der Waals surface area contributed by atoms with Crippen LogP contribution in [0.3, 0.4) is 0 Å². The van der Waals surface area contributed by atoms with Gasteiger partial charge in [-0.05, 0) is 75.5 Å². The first kappa shape index (κ1) is 25.3. The minimum absolute atomic E-state index is 0.0683. The largest absolute Gasteiger partial charge is 0.497 e. The number of aryl methyl sites for hydroxylation is 1. The summed E-state index contributed by atoms with van der Waals surface area (Å²) in [6, 6.07) is 5.16. The molecule has 0 radical (unpaired) electrons. The van der Waals surface area contributed by atoms with Crippen molar-refractivity contribution in [2.24, 2.45) is 23.7 Å². The highest BCUT2D eigenvalue weighted by Crippen LogP contribution is 2.57. The number of aliphatic carboxylic acids is 1. The Morgan fingerprint density at radius 2 is 1.73 bits per heavy atom. The van der Waals surface area contributed by atoms with Crippen LogP contribution in [0, 0.1) is 23.7 Å². The molecule has 1 aromatic carbocycles. The second kappa shape index (κ2) is 9.85. The molecule has 3 N–H and O–H groups in total. The lowest BCUT2D eigenvalue weighted by Gasteiger charge is -2.26. The summed E-state index contributed by atoms with van der Waals surface area (Å²) in [6.07, 6.45) is 4.18. The van der Waals surface area contributed by atoms with Crippen molar-refractivity contribution in [1.82, 2.24) is 0 Å². The molecule has 0 spiro atoms. The zero-order valence-corrected chi connectivity index (χ0v) is 22.3. The zero-order chi connectivity index (χ0) is 26.4. The summed E-state index contributed by atoms with van der Waals surface area (Å²) >= 11 is 1.42. The van der Waals surface area contributed by atoms with E-state index in [9.17, 15) is 19.5 Å². The number of carbonyl (C=O) groups excluding carboxylic acids is 2. The molecule has 1 aromatic heterocycles. The van der Waals surface area contributed by atoms with Crippen molar-refractivity contribution in [2.45, 2.75) is 46.0 Å². The molecule has 2 bridgehead atoms. The van der Waals surface area contributed by atoms with E-state index in [1.807, 2.05) is 13.8 Å². The van der Waals surface area contributed by atoms with Crippen LogP contribution in [0.2, 0.25) is 0 Å². The molecule has 9 heteroatoms. The Morgan fingerprint density at radius 1 is 1.00 bits per heavy atom. The quantitative estimate of drug-likeness (QED) is 0.432. The maximum atomic E-state index is 13.7. The lowest BCUT2D eigenvalue weighted by molar-refractivity contribution is -0.148. The molecule has 8 nitrogen and oxygen atoms in total. The normalized spacial score (nSPS) is 23.5. The smallest absolute Gasteiger partial charge is 0.307 e. The van der Waals surface area contributed by atoms with Gasteiger partial charge in [-0.1, -0.05) is 11.1 Å². The Kier molecular flexibility index (Phi) is 6.74.